The molecular weight excluding hydrogens is 264 g/mol. The van der Waals surface area contributed by atoms with Gasteiger partial charge in [-0.05, 0) is 24.1 Å². The number of benzene rings is 1. The van der Waals surface area contributed by atoms with E-state index in [4.69, 9.17) is 20.4 Å². The predicted molar refractivity (Wildman–Crippen MR) is 72.3 cm³/mol. The quantitative estimate of drug-likeness (QED) is 0.394. The van der Waals surface area contributed by atoms with Crippen molar-refractivity contribution in [1.82, 2.24) is 9.80 Å². The van der Waals surface area contributed by atoms with Gasteiger partial charge in [-0.3, -0.25) is 9.80 Å². The lowest BCUT2D eigenvalue weighted by atomic mass is 10.0. The summed E-state index contributed by atoms with van der Waals surface area (Å²) >= 11 is 0. The molecule has 7 nitrogen and oxygen atoms in total. The predicted octanol–water partition coefficient (Wildman–Crippen LogP) is -0.896. The number of nitrogens with zero attached hydrogens (tertiary/aromatic N) is 2. The van der Waals surface area contributed by atoms with Gasteiger partial charge >= 0.3 is 0 Å². The van der Waals surface area contributed by atoms with E-state index in [1.807, 2.05) is 0 Å². The molecule has 1 aromatic carbocycles. The van der Waals surface area contributed by atoms with Crippen LogP contribution in [-0.2, 0) is 13.1 Å². The molecule has 7 heteroatoms. The fourth-order valence-electron chi connectivity index (χ4n) is 1.93. The van der Waals surface area contributed by atoms with E-state index in [9.17, 15) is 5.11 Å². The van der Waals surface area contributed by atoms with E-state index in [2.05, 4.69) is 0 Å². The molecule has 0 amide bonds. The van der Waals surface area contributed by atoms with Gasteiger partial charge in [0.2, 0.25) is 0 Å². The van der Waals surface area contributed by atoms with Crippen molar-refractivity contribution in [3.8, 4) is 5.75 Å². The van der Waals surface area contributed by atoms with E-state index in [1.54, 1.807) is 19.1 Å². The highest BCUT2D eigenvalue weighted by Gasteiger charge is 2.12. The fourth-order valence-corrected chi connectivity index (χ4v) is 1.93. The lowest BCUT2D eigenvalue weighted by Gasteiger charge is -2.20. The summed E-state index contributed by atoms with van der Waals surface area (Å²) in [5, 5.41) is 46.2. The molecule has 5 N–H and O–H groups in total. The van der Waals surface area contributed by atoms with Crippen molar-refractivity contribution in [2.45, 2.75) is 20.0 Å². The van der Waals surface area contributed by atoms with Gasteiger partial charge < -0.3 is 25.5 Å². The van der Waals surface area contributed by atoms with E-state index in [1.165, 1.54) is 9.80 Å². The van der Waals surface area contributed by atoms with Crippen molar-refractivity contribution in [1.29, 1.82) is 0 Å². The Morgan fingerprint density at radius 2 is 1.35 bits per heavy atom. The second kappa shape index (κ2) is 8.15. The number of aliphatic hydroxyl groups excluding tert-OH is 4. The number of hydrogen-bond acceptors (Lipinski definition) is 7. The third kappa shape index (κ3) is 4.41. The monoisotopic (exact) mass is 286 g/mol. The SMILES string of the molecule is Cc1cc(CN(CO)CO)cc(CN(CO)CO)c1O. The van der Waals surface area contributed by atoms with Crippen LogP contribution in [-0.4, -0.2) is 62.3 Å². The van der Waals surface area contributed by atoms with Crippen molar-refractivity contribution in [2.24, 2.45) is 0 Å². The van der Waals surface area contributed by atoms with Gasteiger partial charge in [0, 0.05) is 18.7 Å². The largest absolute Gasteiger partial charge is 0.507 e. The van der Waals surface area contributed by atoms with Crippen LogP contribution in [0.4, 0.5) is 0 Å². The van der Waals surface area contributed by atoms with Crippen LogP contribution in [0, 0.1) is 6.92 Å². The molecule has 0 heterocycles. The van der Waals surface area contributed by atoms with Gasteiger partial charge in [-0.1, -0.05) is 6.07 Å². The molecule has 1 aromatic rings. The minimum atomic E-state index is -0.321. The lowest BCUT2D eigenvalue weighted by Crippen LogP contribution is -2.26. The Morgan fingerprint density at radius 1 is 0.850 bits per heavy atom. The Balaban J connectivity index is 2.96. The zero-order valence-corrected chi connectivity index (χ0v) is 11.5. The molecule has 0 bridgehead atoms. The van der Waals surface area contributed by atoms with Crippen LogP contribution in [0.5, 0.6) is 5.75 Å². The van der Waals surface area contributed by atoms with Gasteiger partial charge in [-0.25, -0.2) is 0 Å². The number of rotatable bonds is 8. The van der Waals surface area contributed by atoms with Crippen molar-refractivity contribution >= 4 is 0 Å². The average molecular weight is 286 g/mol. The molecule has 0 unspecified atom stereocenters. The van der Waals surface area contributed by atoms with Crippen LogP contribution in [0.3, 0.4) is 0 Å². The molecule has 0 saturated heterocycles. The number of phenols is 1. The first kappa shape index (κ1) is 16.8. The lowest BCUT2D eigenvalue weighted by molar-refractivity contribution is 0.0219. The maximum Gasteiger partial charge on any atom is 0.122 e. The first-order valence-electron chi connectivity index (χ1n) is 6.25. The summed E-state index contributed by atoms with van der Waals surface area (Å²) in [7, 11) is 0. The summed E-state index contributed by atoms with van der Waals surface area (Å²) in [6, 6.07) is 3.48. The molecule has 1 rings (SSSR count). The van der Waals surface area contributed by atoms with E-state index in [0.717, 1.165) is 5.56 Å². The van der Waals surface area contributed by atoms with E-state index >= 15 is 0 Å². The topological polar surface area (TPSA) is 108 Å². The molecular formula is C13H22N2O5. The van der Waals surface area contributed by atoms with Crippen molar-refractivity contribution in [3.05, 3.63) is 28.8 Å². The van der Waals surface area contributed by atoms with Crippen LogP contribution in [0.25, 0.3) is 0 Å². The van der Waals surface area contributed by atoms with Crippen molar-refractivity contribution in [2.75, 3.05) is 26.9 Å². The van der Waals surface area contributed by atoms with E-state index < -0.39 is 0 Å². The third-order valence-corrected chi connectivity index (χ3v) is 3.04. The number of phenolic OH excluding ortho intramolecular Hbond substituents is 1. The molecule has 114 valence electrons. The first-order chi connectivity index (χ1) is 9.55. The summed E-state index contributed by atoms with van der Waals surface area (Å²) in [4.78, 5) is 2.75. The molecule has 0 spiro atoms. The van der Waals surface area contributed by atoms with Crippen LogP contribution in [0.1, 0.15) is 16.7 Å². The van der Waals surface area contributed by atoms with Gasteiger partial charge in [-0.15, -0.1) is 0 Å². The molecule has 0 aliphatic heterocycles. The zero-order valence-electron chi connectivity index (χ0n) is 11.5. The highest BCUT2D eigenvalue weighted by atomic mass is 16.3. The molecule has 0 atom stereocenters. The summed E-state index contributed by atoms with van der Waals surface area (Å²) in [6.07, 6.45) is 0. The molecule has 0 aromatic heterocycles. The van der Waals surface area contributed by atoms with Gasteiger partial charge in [0.25, 0.3) is 0 Å². The van der Waals surface area contributed by atoms with Crippen molar-refractivity contribution < 1.29 is 25.5 Å². The molecule has 0 fully saturated rings. The molecule has 0 aliphatic carbocycles. The Morgan fingerprint density at radius 3 is 1.85 bits per heavy atom. The summed E-state index contributed by atoms with van der Waals surface area (Å²) in [6.45, 7) is 1.09. The van der Waals surface area contributed by atoms with Crippen molar-refractivity contribution in [3.63, 3.8) is 0 Å². The van der Waals surface area contributed by atoms with Crippen LogP contribution >= 0.6 is 0 Å². The number of aryl methyl sites for hydroxylation is 1. The first-order valence-corrected chi connectivity index (χ1v) is 6.25. The summed E-state index contributed by atoms with van der Waals surface area (Å²) < 4.78 is 0. The number of aromatic hydroxyl groups is 1. The Labute approximate surface area is 117 Å². The maximum atomic E-state index is 10.0. The van der Waals surface area contributed by atoms with Gasteiger partial charge in [0.15, 0.2) is 0 Å². The smallest absolute Gasteiger partial charge is 0.122 e. The molecule has 20 heavy (non-hydrogen) atoms. The minimum Gasteiger partial charge on any atom is -0.507 e. The van der Waals surface area contributed by atoms with Gasteiger partial charge in [-0.2, -0.15) is 0 Å². The Hall–Kier alpha value is -1.22. The maximum absolute atomic E-state index is 10.0. The van der Waals surface area contributed by atoms with Gasteiger partial charge in [0.1, 0.15) is 5.75 Å². The van der Waals surface area contributed by atoms with Crippen LogP contribution < -0.4 is 0 Å². The zero-order chi connectivity index (χ0) is 15.1. The summed E-state index contributed by atoms with van der Waals surface area (Å²) in [5.74, 6) is 0.111. The average Bonchev–Trinajstić information content (AvgIpc) is 2.46. The minimum absolute atomic E-state index is 0.111. The highest BCUT2D eigenvalue weighted by molar-refractivity contribution is 5.43. The highest BCUT2D eigenvalue weighted by Crippen LogP contribution is 2.25. The Bertz CT molecular complexity index is 419. The number of aliphatic hydroxyl groups is 4. The van der Waals surface area contributed by atoms with Gasteiger partial charge in [0.05, 0.1) is 26.9 Å². The van der Waals surface area contributed by atoms with E-state index in [0.29, 0.717) is 17.7 Å². The van der Waals surface area contributed by atoms with E-state index in [-0.39, 0.29) is 39.2 Å². The second-order valence-electron chi connectivity index (χ2n) is 4.64. The second-order valence-corrected chi connectivity index (χ2v) is 4.64. The number of hydrogen-bond donors (Lipinski definition) is 5. The van der Waals surface area contributed by atoms with Crippen LogP contribution in [0.2, 0.25) is 0 Å². The third-order valence-electron chi connectivity index (χ3n) is 3.04. The summed E-state index contributed by atoms with van der Waals surface area (Å²) in [5.41, 5.74) is 2.04. The molecule has 0 aliphatic rings. The molecule has 0 saturated carbocycles. The molecule has 0 radical (unpaired) electrons. The fraction of sp³-hybridized carbons (Fsp3) is 0.538. The Kier molecular flexibility index (Phi) is 6.86. The normalized spacial score (nSPS) is 11.6. The standard InChI is InChI=1S/C13H22N2O5/c1-10-2-11(4-14(6-16)7-17)3-12(13(10)20)5-15(8-18)9-19/h2-3,16-20H,4-9H2,1H3. The van der Waals surface area contributed by atoms with Crippen LogP contribution in [0.15, 0.2) is 12.1 Å².